The summed E-state index contributed by atoms with van der Waals surface area (Å²) in [6, 6.07) is 3.87. The van der Waals surface area contributed by atoms with Gasteiger partial charge in [0.2, 0.25) is 0 Å². The fourth-order valence-electron chi connectivity index (χ4n) is 1.95. The summed E-state index contributed by atoms with van der Waals surface area (Å²) in [6.07, 6.45) is 0. The lowest BCUT2D eigenvalue weighted by atomic mass is 9.74. The van der Waals surface area contributed by atoms with Gasteiger partial charge in [-0.2, -0.15) is 0 Å². The first-order chi connectivity index (χ1) is 9.66. The average molecular weight is 297 g/mol. The van der Waals surface area contributed by atoms with Gasteiger partial charge in [-0.1, -0.05) is 6.92 Å². The van der Waals surface area contributed by atoms with E-state index in [0.29, 0.717) is 0 Å². The quantitative estimate of drug-likeness (QED) is 0.466. The number of aliphatic carboxylic acids is 2. The number of hydrogen-bond donors (Lipinski definition) is 2. The lowest BCUT2D eigenvalue weighted by Crippen LogP contribution is -2.41. The normalized spacial score (nSPS) is 12.5. The predicted molar refractivity (Wildman–Crippen MR) is 71.4 cm³/mol. The van der Waals surface area contributed by atoms with E-state index in [-0.39, 0.29) is 17.0 Å². The molecule has 0 aliphatic rings. The number of nitrogens with zero attached hydrogens (tertiary/aromatic N) is 1. The molecule has 0 heterocycles. The van der Waals surface area contributed by atoms with Gasteiger partial charge in [0.25, 0.3) is 5.69 Å². The monoisotopic (exact) mass is 297 g/mol. The average Bonchev–Trinajstić information content (AvgIpc) is 2.44. The number of nitro groups is 1. The fourth-order valence-corrected chi connectivity index (χ4v) is 1.95. The van der Waals surface area contributed by atoms with Crippen LogP contribution in [-0.4, -0.2) is 34.2 Å². The van der Waals surface area contributed by atoms with Crippen LogP contribution in [-0.2, 0) is 9.59 Å². The summed E-state index contributed by atoms with van der Waals surface area (Å²) in [7, 11) is 1.33. The standard InChI is InChI=1S/C13H15NO7/c1-7(13(2,11(15)16)12(17)18)9-5-4-8(21-3)6-10(9)14(19)20/h4-7H,1-3H3,(H,15,16)(H,17,18). The number of carboxylic acids is 2. The molecule has 0 fully saturated rings. The van der Waals surface area contributed by atoms with E-state index in [4.69, 9.17) is 4.74 Å². The van der Waals surface area contributed by atoms with Crippen molar-refractivity contribution in [1.82, 2.24) is 0 Å². The number of nitro benzene ring substituents is 1. The predicted octanol–water partition coefficient (Wildman–Crippen LogP) is 1.88. The van der Waals surface area contributed by atoms with Gasteiger partial charge in [0, 0.05) is 11.5 Å². The van der Waals surface area contributed by atoms with Crippen LogP contribution in [0.15, 0.2) is 18.2 Å². The summed E-state index contributed by atoms with van der Waals surface area (Å²) in [6.45, 7) is 2.35. The van der Waals surface area contributed by atoms with Crippen LogP contribution in [0.25, 0.3) is 0 Å². The van der Waals surface area contributed by atoms with Crippen molar-refractivity contribution in [2.24, 2.45) is 5.41 Å². The molecule has 21 heavy (non-hydrogen) atoms. The molecule has 1 aromatic carbocycles. The van der Waals surface area contributed by atoms with Crippen molar-refractivity contribution in [3.63, 3.8) is 0 Å². The van der Waals surface area contributed by atoms with Crippen LogP contribution >= 0.6 is 0 Å². The zero-order valence-corrected chi connectivity index (χ0v) is 11.7. The molecule has 0 radical (unpaired) electrons. The van der Waals surface area contributed by atoms with Crippen molar-refractivity contribution in [2.45, 2.75) is 19.8 Å². The second-order valence-corrected chi connectivity index (χ2v) is 4.72. The van der Waals surface area contributed by atoms with Gasteiger partial charge >= 0.3 is 11.9 Å². The van der Waals surface area contributed by atoms with Gasteiger partial charge in [-0.3, -0.25) is 19.7 Å². The SMILES string of the molecule is COc1ccc(C(C)C(C)(C(=O)O)C(=O)O)c([N+](=O)[O-])c1. The second kappa shape index (κ2) is 5.78. The summed E-state index contributed by atoms with van der Waals surface area (Å²) in [5.74, 6) is -4.01. The van der Waals surface area contributed by atoms with Gasteiger partial charge in [-0.15, -0.1) is 0 Å². The van der Waals surface area contributed by atoms with Crippen LogP contribution in [0.1, 0.15) is 25.3 Å². The highest BCUT2D eigenvalue weighted by Gasteiger charge is 2.49. The van der Waals surface area contributed by atoms with Crippen LogP contribution in [0, 0.1) is 15.5 Å². The molecule has 2 N–H and O–H groups in total. The van der Waals surface area contributed by atoms with Crippen molar-refractivity contribution in [1.29, 1.82) is 0 Å². The van der Waals surface area contributed by atoms with Crippen molar-refractivity contribution in [2.75, 3.05) is 7.11 Å². The van der Waals surface area contributed by atoms with Gasteiger partial charge in [0.05, 0.1) is 18.1 Å². The van der Waals surface area contributed by atoms with Crippen LogP contribution in [0.5, 0.6) is 5.75 Å². The summed E-state index contributed by atoms with van der Waals surface area (Å²) in [5, 5.41) is 29.5. The molecule has 0 amide bonds. The van der Waals surface area contributed by atoms with E-state index in [9.17, 15) is 29.9 Å². The smallest absolute Gasteiger partial charge is 0.321 e. The maximum atomic E-state index is 11.3. The molecule has 1 unspecified atom stereocenters. The van der Waals surface area contributed by atoms with E-state index in [2.05, 4.69) is 0 Å². The lowest BCUT2D eigenvalue weighted by molar-refractivity contribution is -0.385. The first-order valence-electron chi connectivity index (χ1n) is 5.95. The van der Waals surface area contributed by atoms with Crippen molar-refractivity contribution < 1.29 is 29.5 Å². The minimum absolute atomic E-state index is 0.0214. The van der Waals surface area contributed by atoms with Gasteiger partial charge in [-0.05, 0) is 19.1 Å². The van der Waals surface area contributed by atoms with Crippen molar-refractivity contribution in [3.05, 3.63) is 33.9 Å². The van der Waals surface area contributed by atoms with Crippen LogP contribution in [0.4, 0.5) is 5.69 Å². The number of methoxy groups -OCH3 is 1. The van der Waals surface area contributed by atoms with E-state index in [1.807, 2.05) is 0 Å². The fraction of sp³-hybridized carbons (Fsp3) is 0.385. The van der Waals surface area contributed by atoms with Crippen LogP contribution in [0.3, 0.4) is 0 Å². The Hall–Kier alpha value is -2.64. The third-order valence-corrected chi connectivity index (χ3v) is 3.66. The highest BCUT2D eigenvalue weighted by Crippen LogP contribution is 2.41. The van der Waals surface area contributed by atoms with E-state index in [0.717, 1.165) is 13.0 Å². The zero-order valence-electron chi connectivity index (χ0n) is 11.7. The minimum atomic E-state index is -2.18. The maximum absolute atomic E-state index is 11.3. The molecule has 8 heteroatoms. The van der Waals surface area contributed by atoms with E-state index in [1.54, 1.807) is 0 Å². The Balaban J connectivity index is 3.48. The Morgan fingerprint density at radius 3 is 2.24 bits per heavy atom. The van der Waals surface area contributed by atoms with Gasteiger partial charge in [-0.25, -0.2) is 0 Å². The third kappa shape index (κ3) is 2.78. The van der Waals surface area contributed by atoms with Crippen molar-refractivity contribution >= 4 is 17.6 Å². The third-order valence-electron chi connectivity index (χ3n) is 3.66. The van der Waals surface area contributed by atoms with E-state index in [1.165, 1.54) is 26.2 Å². The number of carbonyl (C=O) groups is 2. The highest BCUT2D eigenvalue weighted by molar-refractivity contribution is 5.99. The Bertz CT molecular complexity index is 582. The molecular formula is C13H15NO7. The van der Waals surface area contributed by atoms with Crippen LogP contribution in [0.2, 0.25) is 0 Å². The molecule has 1 aromatic rings. The summed E-state index contributed by atoms with van der Waals surface area (Å²) >= 11 is 0. The first kappa shape index (κ1) is 16.4. The number of benzene rings is 1. The lowest BCUT2D eigenvalue weighted by Gasteiger charge is -2.27. The first-order valence-corrected chi connectivity index (χ1v) is 5.95. The number of ether oxygens (including phenoxy) is 1. The molecule has 0 spiro atoms. The summed E-state index contributed by atoms with van der Waals surface area (Å²) in [5.41, 5.74) is -2.54. The Kier molecular flexibility index (Phi) is 4.52. The Morgan fingerprint density at radius 1 is 1.33 bits per heavy atom. The summed E-state index contributed by atoms with van der Waals surface area (Å²) < 4.78 is 4.88. The molecule has 114 valence electrons. The Morgan fingerprint density at radius 2 is 1.86 bits per heavy atom. The second-order valence-electron chi connectivity index (χ2n) is 4.72. The molecule has 8 nitrogen and oxygen atoms in total. The van der Waals surface area contributed by atoms with E-state index >= 15 is 0 Å². The zero-order chi connectivity index (χ0) is 16.4. The molecule has 0 aliphatic carbocycles. The molecule has 0 bridgehead atoms. The largest absolute Gasteiger partial charge is 0.497 e. The molecule has 0 aromatic heterocycles. The molecule has 1 rings (SSSR count). The molecule has 0 saturated carbocycles. The molecule has 0 saturated heterocycles. The molecule has 1 atom stereocenters. The number of hydrogen-bond acceptors (Lipinski definition) is 5. The maximum Gasteiger partial charge on any atom is 0.321 e. The molecule has 0 aliphatic heterocycles. The number of carboxylic acid groups (broad SMARTS) is 2. The number of rotatable bonds is 6. The van der Waals surface area contributed by atoms with Gasteiger partial charge in [0.1, 0.15) is 5.75 Å². The van der Waals surface area contributed by atoms with Crippen LogP contribution < -0.4 is 4.74 Å². The highest BCUT2D eigenvalue weighted by atomic mass is 16.6. The van der Waals surface area contributed by atoms with E-state index < -0.39 is 28.2 Å². The molecular weight excluding hydrogens is 282 g/mol. The van der Waals surface area contributed by atoms with Crippen molar-refractivity contribution in [3.8, 4) is 5.75 Å². The topological polar surface area (TPSA) is 127 Å². The van der Waals surface area contributed by atoms with Gasteiger partial charge in [0.15, 0.2) is 5.41 Å². The summed E-state index contributed by atoms with van der Waals surface area (Å²) in [4.78, 5) is 33.0. The van der Waals surface area contributed by atoms with Gasteiger partial charge < -0.3 is 14.9 Å². The minimum Gasteiger partial charge on any atom is -0.497 e. The Labute approximate surface area is 120 Å².